The summed E-state index contributed by atoms with van der Waals surface area (Å²) in [5.41, 5.74) is 2.63. The van der Waals surface area contributed by atoms with Crippen LogP contribution < -0.4 is 10.6 Å². The average molecular weight is 347 g/mol. The first kappa shape index (κ1) is 16.4. The standard InChI is InChI=1S/C21H21N3O2/c25-20(12-14-24-13-11-15-3-1-2-4-19(15)24)22-17-7-9-18(10-8-17)23-21(26)16-5-6-16/h1-4,7-11,13,16H,5-6,12,14H2,(H,22,25)(H,23,26). The smallest absolute Gasteiger partial charge is 0.227 e. The van der Waals surface area contributed by atoms with E-state index in [0.29, 0.717) is 13.0 Å². The molecule has 1 heterocycles. The zero-order valence-corrected chi connectivity index (χ0v) is 14.4. The number of benzene rings is 2. The molecular weight excluding hydrogens is 326 g/mol. The van der Waals surface area contributed by atoms with Gasteiger partial charge in [0.05, 0.1) is 0 Å². The van der Waals surface area contributed by atoms with Gasteiger partial charge in [-0.25, -0.2) is 0 Å². The van der Waals surface area contributed by atoms with Crippen LogP contribution in [-0.2, 0) is 16.1 Å². The molecule has 0 bridgehead atoms. The summed E-state index contributed by atoms with van der Waals surface area (Å²) in [4.78, 5) is 24.0. The van der Waals surface area contributed by atoms with Gasteiger partial charge in [-0.05, 0) is 54.6 Å². The highest BCUT2D eigenvalue weighted by Crippen LogP contribution is 2.30. The molecule has 1 fully saturated rings. The largest absolute Gasteiger partial charge is 0.347 e. The molecule has 0 unspecified atom stereocenters. The van der Waals surface area contributed by atoms with E-state index >= 15 is 0 Å². The van der Waals surface area contributed by atoms with Gasteiger partial charge in [-0.1, -0.05) is 18.2 Å². The minimum atomic E-state index is -0.0300. The van der Waals surface area contributed by atoms with Crippen molar-refractivity contribution in [1.82, 2.24) is 4.57 Å². The number of aromatic nitrogens is 1. The number of nitrogens with one attached hydrogen (secondary N) is 2. The number of aryl methyl sites for hydroxylation is 1. The van der Waals surface area contributed by atoms with Gasteiger partial charge in [-0.3, -0.25) is 9.59 Å². The fourth-order valence-corrected chi connectivity index (χ4v) is 3.01. The molecule has 2 N–H and O–H groups in total. The van der Waals surface area contributed by atoms with Crippen molar-refractivity contribution >= 4 is 34.1 Å². The third-order valence-electron chi connectivity index (χ3n) is 4.64. The molecule has 26 heavy (non-hydrogen) atoms. The van der Waals surface area contributed by atoms with Gasteiger partial charge in [0.25, 0.3) is 0 Å². The minimum absolute atomic E-state index is 0.0300. The van der Waals surface area contributed by atoms with Crippen molar-refractivity contribution in [2.45, 2.75) is 25.8 Å². The topological polar surface area (TPSA) is 63.1 Å². The zero-order valence-electron chi connectivity index (χ0n) is 14.4. The Morgan fingerprint density at radius 2 is 1.62 bits per heavy atom. The highest BCUT2D eigenvalue weighted by Gasteiger charge is 2.29. The van der Waals surface area contributed by atoms with Crippen LogP contribution in [0.25, 0.3) is 10.9 Å². The lowest BCUT2D eigenvalue weighted by Crippen LogP contribution is -2.15. The van der Waals surface area contributed by atoms with Crippen LogP contribution in [0.15, 0.2) is 60.8 Å². The normalized spacial score (nSPS) is 13.5. The molecule has 1 aromatic heterocycles. The van der Waals surface area contributed by atoms with Crippen LogP contribution in [0.2, 0.25) is 0 Å². The number of fused-ring (bicyclic) bond motifs is 1. The number of amides is 2. The van der Waals surface area contributed by atoms with E-state index in [1.165, 1.54) is 5.39 Å². The van der Waals surface area contributed by atoms with Gasteiger partial charge in [0.1, 0.15) is 0 Å². The molecule has 0 atom stereocenters. The molecule has 0 saturated heterocycles. The van der Waals surface area contributed by atoms with E-state index in [2.05, 4.69) is 33.4 Å². The highest BCUT2D eigenvalue weighted by atomic mass is 16.2. The van der Waals surface area contributed by atoms with Crippen LogP contribution in [0, 0.1) is 5.92 Å². The van der Waals surface area contributed by atoms with Crippen LogP contribution in [0.4, 0.5) is 11.4 Å². The van der Waals surface area contributed by atoms with Crippen LogP contribution in [0.3, 0.4) is 0 Å². The average Bonchev–Trinajstić information content (AvgIpc) is 3.43. The molecule has 1 saturated carbocycles. The predicted molar refractivity (Wildman–Crippen MR) is 103 cm³/mol. The summed E-state index contributed by atoms with van der Waals surface area (Å²) in [6, 6.07) is 17.4. The fourth-order valence-electron chi connectivity index (χ4n) is 3.01. The Kier molecular flexibility index (Phi) is 4.44. The van der Waals surface area contributed by atoms with E-state index in [1.807, 2.05) is 42.6 Å². The van der Waals surface area contributed by atoms with Gasteiger partial charge in [0.2, 0.25) is 11.8 Å². The number of hydrogen-bond acceptors (Lipinski definition) is 2. The molecule has 5 nitrogen and oxygen atoms in total. The lowest BCUT2D eigenvalue weighted by Gasteiger charge is -2.09. The molecule has 2 amide bonds. The van der Waals surface area contributed by atoms with E-state index in [4.69, 9.17) is 0 Å². The Morgan fingerprint density at radius 3 is 2.35 bits per heavy atom. The van der Waals surface area contributed by atoms with E-state index in [-0.39, 0.29) is 17.7 Å². The molecular formula is C21H21N3O2. The van der Waals surface area contributed by atoms with Gasteiger partial charge in [-0.2, -0.15) is 0 Å². The van der Waals surface area contributed by atoms with Crippen molar-refractivity contribution < 1.29 is 9.59 Å². The Balaban J connectivity index is 1.30. The number of carbonyl (C=O) groups is 2. The molecule has 1 aliphatic carbocycles. The van der Waals surface area contributed by atoms with Gasteiger partial charge in [-0.15, -0.1) is 0 Å². The Labute approximate surface area is 152 Å². The number of hydrogen-bond donors (Lipinski definition) is 2. The fraction of sp³-hybridized carbons (Fsp3) is 0.238. The minimum Gasteiger partial charge on any atom is -0.347 e. The molecule has 1 aliphatic rings. The van der Waals surface area contributed by atoms with Crippen molar-refractivity contribution in [3.8, 4) is 0 Å². The lowest BCUT2D eigenvalue weighted by atomic mass is 10.2. The number of anilines is 2. The maximum atomic E-state index is 12.2. The van der Waals surface area contributed by atoms with Crippen molar-refractivity contribution in [2.24, 2.45) is 5.92 Å². The maximum Gasteiger partial charge on any atom is 0.227 e. The summed E-state index contributed by atoms with van der Waals surface area (Å²) in [5.74, 6) is 0.234. The van der Waals surface area contributed by atoms with Gasteiger partial charge in [0.15, 0.2) is 0 Å². The third-order valence-corrected chi connectivity index (χ3v) is 4.64. The van der Waals surface area contributed by atoms with Crippen LogP contribution in [0.5, 0.6) is 0 Å². The molecule has 0 spiro atoms. The summed E-state index contributed by atoms with van der Waals surface area (Å²) in [6.45, 7) is 0.634. The number of para-hydroxylation sites is 1. The maximum absolute atomic E-state index is 12.2. The second kappa shape index (κ2) is 7.04. The van der Waals surface area contributed by atoms with Crippen molar-refractivity contribution in [1.29, 1.82) is 0 Å². The quantitative estimate of drug-likeness (QED) is 0.707. The summed E-state index contributed by atoms with van der Waals surface area (Å²) in [7, 11) is 0. The van der Waals surface area contributed by atoms with E-state index in [1.54, 1.807) is 0 Å². The van der Waals surface area contributed by atoms with E-state index in [9.17, 15) is 9.59 Å². The number of rotatable bonds is 6. The van der Waals surface area contributed by atoms with Crippen molar-refractivity contribution in [3.63, 3.8) is 0 Å². The molecule has 4 rings (SSSR count). The third kappa shape index (κ3) is 3.77. The van der Waals surface area contributed by atoms with Gasteiger partial charge >= 0.3 is 0 Å². The second-order valence-electron chi connectivity index (χ2n) is 6.71. The van der Waals surface area contributed by atoms with Gasteiger partial charge in [0, 0.05) is 42.0 Å². The first-order valence-electron chi connectivity index (χ1n) is 8.94. The highest BCUT2D eigenvalue weighted by molar-refractivity contribution is 5.95. The Bertz CT molecular complexity index is 939. The SMILES string of the molecule is O=C(CCn1ccc2ccccc21)Nc1ccc(NC(=O)C2CC2)cc1. The summed E-state index contributed by atoms with van der Waals surface area (Å²) in [5, 5.41) is 6.97. The molecule has 2 aromatic carbocycles. The van der Waals surface area contributed by atoms with Crippen LogP contribution in [0.1, 0.15) is 19.3 Å². The monoisotopic (exact) mass is 347 g/mol. The number of nitrogens with zero attached hydrogens (tertiary/aromatic N) is 1. The Hall–Kier alpha value is -3.08. The van der Waals surface area contributed by atoms with Crippen LogP contribution in [-0.4, -0.2) is 16.4 Å². The van der Waals surface area contributed by atoms with Crippen LogP contribution >= 0.6 is 0 Å². The molecule has 0 radical (unpaired) electrons. The lowest BCUT2D eigenvalue weighted by molar-refractivity contribution is -0.117. The Morgan fingerprint density at radius 1 is 0.923 bits per heavy atom. The first-order valence-corrected chi connectivity index (χ1v) is 8.94. The molecule has 132 valence electrons. The molecule has 3 aromatic rings. The van der Waals surface area contributed by atoms with E-state index < -0.39 is 0 Å². The summed E-state index contributed by atoms with van der Waals surface area (Å²) >= 11 is 0. The summed E-state index contributed by atoms with van der Waals surface area (Å²) in [6.07, 6.45) is 4.38. The predicted octanol–water partition coefficient (Wildman–Crippen LogP) is 4.02. The molecule has 5 heteroatoms. The number of carbonyl (C=O) groups excluding carboxylic acids is 2. The second-order valence-corrected chi connectivity index (χ2v) is 6.71. The van der Waals surface area contributed by atoms with Crippen molar-refractivity contribution in [3.05, 3.63) is 60.8 Å². The van der Waals surface area contributed by atoms with Gasteiger partial charge < -0.3 is 15.2 Å². The van der Waals surface area contributed by atoms with E-state index in [0.717, 1.165) is 29.7 Å². The zero-order chi connectivity index (χ0) is 17.9. The first-order chi connectivity index (χ1) is 12.7. The summed E-state index contributed by atoms with van der Waals surface area (Å²) < 4.78 is 2.09. The van der Waals surface area contributed by atoms with Crippen molar-refractivity contribution in [2.75, 3.05) is 10.6 Å². The molecule has 0 aliphatic heterocycles.